The number of hydrogen-bond donors (Lipinski definition) is 1. The Hall–Kier alpha value is -0.970. The monoisotopic (exact) mass is 268 g/mol. The molecule has 1 aliphatic rings. The lowest BCUT2D eigenvalue weighted by molar-refractivity contribution is -0.115. The molecule has 1 atom stereocenters. The lowest BCUT2D eigenvalue weighted by Crippen LogP contribution is -2.25. The van der Waals surface area contributed by atoms with Gasteiger partial charge in [0.15, 0.2) is 5.82 Å². The van der Waals surface area contributed by atoms with Gasteiger partial charge in [0, 0.05) is 11.3 Å². The number of thioether (sulfide) groups is 1. The normalized spacial score (nSPS) is 18.6. The Morgan fingerprint density at radius 3 is 2.83 bits per heavy atom. The molecule has 1 unspecified atom stereocenters. The lowest BCUT2D eigenvalue weighted by Gasteiger charge is -2.23. The zero-order chi connectivity index (χ0) is 13.0. The molecule has 0 aliphatic heterocycles. The minimum absolute atomic E-state index is 0.0128. The molecule has 1 aliphatic carbocycles. The van der Waals surface area contributed by atoms with Gasteiger partial charge in [-0.1, -0.05) is 24.4 Å². The van der Waals surface area contributed by atoms with Gasteiger partial charge in [-0.3, -0.25) is 4.79 Å². The molecule has 5 heteroatoms. The predicted molar refractivity (Wildman–Crippen MR) is 73.8 cm³/mol. The molecule has 0 saturated heterocycles. The van der Waals surface area contributed by atoms with Gasteiger partial charge in [-0.05, 0) is 26.7 Å². The van der Waals surface area contributed by atoms with Crippen LogP contribution in [0, 0.1) is 6.92 Å². The first-order valence-electron chi connectivity index (χ1n) is 6.55. The van der Waals surface area contributed by atoms with Crippen molar-refractivity contribution >= 4 is 23.5 Å². The minimum Gasteiger partial charge on any atom is -0.360 e. The summed E-state index contributed by atoms with van der Waals surface area (Å²) in [6.45, 7) is 3.77. The Bertz CT molecular complexity index is 399. The van der Waals surface area contributed by atoms with Crippen LogP contribution in [0.1, 0.15) is 44.8 Å². The van der Waals surface area contributed by atoms with Crippen molar-refractivity contribution in [2.45, 2.75) is 56.5 Å². The summed E-state index contributed by atoms with van der Waals surface area (Å²) in [5.41, 5.74) is 0. The summed E-state index contributed by atoms with van der Waals surface area (Å²) < 4.78 is 4.92. The maximum atomic E-state index is 12.0. The molecular weight excluding hydrogens is 248 g/mol. The number of nitrogens with zero attached hydrogens (tertiary/aromatic N) is 1. The quantitative estimate of drug-likeness (QED) is 0.909. The van der Waals surface area contributed by atoms with Crippen molar-refractivity contribution in [1.29, 1.82) is 0 Å². The van der Waals surface area contributed by atoms with Crippen molar-refractivity contribution in [3.05, 3.63) is 11.8 Å². The van der Waals surface area contributed by atoms with Crippen LogP contribution in [0.2, 0.25) is 0 Å². The van der Waals surface area contributed by atoms with E-state index < -0.39 is 0 Å². The first kappa shape index (κ1) is 13.5. The molecule has 0 bridgehead atoms. The van der Waals surface area contributed by atoms with Crippen molar-refractivity contribution in [2.75, 3.05) is 5.32 Å². The second-order valence-corrected chi connectivity index (χ2v) is 6.50. The second-order valence-electron chi connectivity index (χ2n) is 4.85. The molecule has 1 aromatic rings. The van der Waals surface area contributed by atoms with Crippen LogP contribution in [0.4, 0.5) is 5.82 Å². The van der Waals surface area contributed by atoms with Gasteiger partial charge < -0.3 is 9.84 Å². The molecule has 2 rings (SSSR count). The summed E-state index contributed by atoms with van der Waals surface area (Å²) in [4.78, 5) is 12.0. The van der Waals surface area contributed by atoms with Crippen molar-refractivity contribution in [3.63, 3.8) is 0 Å². The number of aryl methyl sites for hydroxylation is 1. The summed E-state index contributed by atoms with van der Waals surface area (Å²) in [5.74, 6) is 1.23. The number of hydrogen-bond acceptors (Lipinski definition) is 4. The Morgan fingerprint density at radius 2 is 2.22 bits per heavy atom. The highest BCUT2D eigenvalue weighted by atomic mass is 32.2. The average molecular weight is 268 g/mol. The number of amides is 1. The molecule has 1 saturated carbocycles. The van der Waals surface area contributed by atoms with E-state index in [1.807, 2.05) is 13.8 Å². The molecule has 4 nitrogen and oxygen atoms in total. The standard InChI is InChI=1S/C13H20N2O2S/c1-9-8-12(15-17-9)14-13(16)10(2)18-11-6-4-3-5-7-11/h8,10-11H,3-7H2,1-2H3,(H,14,15,16). The van der Waals surface area contributed by atoms with Crippen molar-refractivity contribution in [3.8, 4) is 0 Å². The molecule has 1 N–H and O–H groups in total. The number of nitrogens with one attached hydrogen (secondary N) is 1. The summed E-state index contributed by atoms with van der Waals surface area (Å²) in [7, 11) is 0. The van der Waals surface area contributed by atoms with Gasteiger partial charge in [0.05, 0.1) is 5.25 Å². The number of anilines is 1. The van der Waals surface area contributed by atoms with E-state index in [0.29, 0.717) is 16.8 Å². The highest BCUT2D eigenvalue weighted by Crippen LogP contribution is 2.31. The van der Waals surface area contributed by atoms with Crippen LogP contribution in [0.5, 0.6) is 0 Å². The van der Waals surface area contributed by atoms with Crippen LogP contribution in [-0.4, -0.2) is 21.6 Å². The van der Waals surface area contributed by atoms with Crippen LogP contribution in [0.3, 0.4) is 0 Å². The fourth-order valence-electron chi connectivity index (χ4n) is 2.20. The summed E-state index contributed by atoms with van der Waals surface area (Å²) in [5, 5.41) is 7.16. The average Bonchev–Trinajstić information content (AvgIpc) is 2.76. The summed E-state index contributed by atoms with van der Waals surface area (Å²) in [6.07, 6.45) is 6.43. The Kier molecular flexibility index (Phi) is 4.69. The molecule has 0 spiro atoms. The third-order valence-electron chi connectivity index (χ3n) is 3.20. The fourth-order valence-corrected chi connectivity index (χ4v) is 3.57. The molecule has 1 aromatic heterocycles. The molecule has 18 heavy (non-hydrogen) atoms. The SMILES string of the molecule is Cc1cc(NC(=O)C(C)SC2CCCCC2)no1. The van der Waals surface area contributed by atoms with Gasteiger partial charge >= 0.3 is 0 Å². The van der Waals surface area contributed by atoms with Crippen molar-refractivity contribution in [1.82, 2.24) is 5.16 Å². The van der Waals surface area contributed by atoms with E-state index in [1.54, 1.807) is 17.8 Å². The van der Waals surface area contributed by atoms with Crippen LogP contribution in [-0.2, 0) is 4.79 Å². The number of carbonyl (C=O) groups is 1. The molecule has 1 amide bonds. The smallest absolute Gasteiger partial charge is 0.238 e. The summed E-state index contributed by atoms with van der Waals surface area (Å²) >= 11 is 1.78. The number of rotatable bonds is 4. The van der Waals surface area contributed by atoms with Crippen molar-refractivity contribution < 1.29 is 9.32 Å². The van der Waals surface area contributed by atoms with Gasteiger partial charge in [0.25, 0.3) is 0 Å². The Balaban J connectivity index is 1.80. The zero-order valence-electron chi connectivity index (χ0n) is 10.9. The fraction of sp³-hybridized carbons (Fsp3) is 0.692. The predicted octanol–water partition coefficient (Wildman–Crippen LogP) is 3.38. The van der Waals surface area contributed by atoms with E-state index in [9.17, 15) is 4.79 Å². The molecule has 100 valence electrons. The third-order valence-corrected chi connectivity index (χ3v) is 4.68. The van der Waals surface area contributed by atoms with Gasteiger partial charge in [-0.2, -0.15) is 0 Å². The number of aromatic nitrogens is 1. The first-order chi connectivity index (χ1) is 8.65. The van der Waals surface area contributed by atoms with Crippen LogP contribution < -0.4 is 5.32 Å². The second kappa shape index (κ2) is 6.27. The van der Waals surface area contributed by atoms with Gasteiger partial charge in [0.2, 0.25) is 5.91 Å². The first-order valence-corrected chi connectivity index (χ1v) is 7.49. The number of carbonyl (C=O) groups excluding carboxylic acids is 1. The highest BCUT2D eigenvalue weighted by Gasteiger charge is 2.21. The van der Waals surface area contributed by atoms with E-state index in [-0.39, 0.29) is 11.2 Å². The Labute approximate surface area is 112 Å². The van der Waals surface area contributed by atoms with E-state index in [2.05, 4.69) is 10.5 Å². The van der Waals surface area contributed by atoms with Crippen molar-refractivity contribution in [2.24, 2.45) is 0 Å². The maximum Gasteiger partial charge on any atom is 0.238 e. The minimum atomic E-state index is -0.0369. The molecule has 1 heterocycles. The molecule has 1 fully saturated rings. The highest BCUT2D eigenvalue weighted by molar-refractivity contribution is 8.01. The van der Waals surface area contributed by atoms with Gasteiger partial charge in [-0.15, -0.1) is 11.8 Å². The molecular formula is C13H20N2O2S. The van der Waals surface area contributed by atoms with Gasteiger partial charge in [0.1, 0.15) is 5.76 Å². The van der Waals surface area contributed by atoms with Crippen LogP contribution in [0.25, 0.3) is 0 Å². The Morgan fingerprint density at radius 1 is 1.50 bits per heavy atom. The van der Waals surface area contributed by atoms with E-state index in [0.717, 1.165) is 0 Å². The largest absolute Gasteiger partial charge is 0.360 e. The molecule has 0 aromatic carbocycles. The van der Waals surface area contributed by atoms with Gasteiger partial charge in [-0.25, -0.2) is 0 Å². The summed E-state index contributed by atoms with van der Waals surface area (Å²) in [6, 6.07) is 1.73. The van der Waals surface area contributed by atoms with Crippen LogP contribution in [0.15, 0.2) is 10.6 Å². The zero-order valence-corrected chi connectivity index (χ0v) is 11.8. The van der Waals surface area contributed by atoms with E-state index in [1.165, 1.54) is 32.1 Å². The maximum absolute atomic E-state index is 12.0. The lowest BCUT2D eigenvalue weighted by atomic mass is 10.0. The van der Waals surface area contributed by atoms with Crippen LogP contribution >= 0.6 is 11.8 Å². The third kappa shape index (κ3) is 3.77. The van der Waals surface area contributed by atoms with E-state index in [4.69, 9.17) is 4.52 Å². The molecule has 0 radical (unpaired) electrons. The topological polar surface area (TPSA) is 55.1 Å². The van der Waals surface area contributed by atoms with E-state index >= 15 is 0 Å².